The molecule has 0 bridgehead atoms. The third-order valence-electron chi connectivity index (χ3n) is 2.65. The standard InChI is InChI=1S/C11H11N3/c1-2-6-12-9(4-1)10-8-13-11-5-3-7-14(10)11/h1-2,4,6,8H,3,5,7H2. The Bertz CT molecular complexity index is 445. The van der Waals surface area contributed by atoms with Gasteiger partial charge in [0.1, 0.15) is 5.82 Å². The second-order valence-corrected chi connectivity index (χ2v) is 3.53. The van der Waals surface area contributed by atoms with Crippen molar-refractivity contribution in [1.82, 2.24) is 14.5 Å². The lowest BCUT2D eigenvalue weighted by Crippen LogP contribution is -1.96. The molecule has 0 N–H and O–H groups in total. The second-order valence-electron chi connectivity index (χ2n) is 3.53. The summed E-state index contributed by atoms with van der Waals surface area (Å²) in [5.74, 6) is 1.20. The van der Waals surface area contributed by atoms with Crippen molar-refractivity contribution in [3.8, 4) is 11.4 Å². The Morgan fingerprint density at radius 1 is 1.21 bits per heavy atom. The van der Waals surface area contributed by atoms with Crippen LogP contribution in [0.25, 0.3) is 11.4 Å². The van der Waals surface area contributed by atoms with Gasteiger partial charge >= 0.3 is 0 Å². The summed E-state index contributed by atoms with van der Waals surface area (Å²) in [7, 11) is 0. The summed E-state index contributed by atoms with van der Waals surface area (Å²) in [6.45, 7) is 1.08. The number of nitrogens with zero attached hydrogens (tertiary/aromatic N) is 3. The Kier molecular flexibility index (Phi) is 1.63. The van der Waals surface area contributed by atoms with Crippen LogP contribution in [0.3, 0.4) is 0 Å². The monoisotopic (exact) mass is 185 g/mol. The predicted molar refractivity (Wildman–Crippen MR) is 53.8 cm³/mol. The fourth-order valence-corrected chi connectivity index (χ4v) is 1.98. The molecule has 1 aliphatic rings. The lowest BCUT2D eigenvalue weighted by molar-refractivity contribution is 0.754. The molecule has 3 heteroatoms. The van der Waals surface area contributed by atoms with Gasteiger partial charge in [-0.1, -0.05) is 6.07 Å². The molecule has 0 aromatic carbocycles. The summed E-state index contributed by atoms with van der Waals surface area (Å²) in [6.07, 6.45) is 6.07. The molecule has 0 saturated carbocycles. The van der Waals surface area contributed by atoms with Crippen LogP contribution >= 0.6 is 0 Å². The average Bonchev–Trinajstić information content (AvgIpc) is 2.79. The van der Waals surface area contributed by atoms with Crippen LogP contribution in [-0.4, -0.2) is 14.5 Å². The van der Waals surface area contributed by atoms with Crippen LogP contribution in [0.15, 0.2) is 30.6 Å². The Labute approximate surface area is 82.4 Å². The SMILES string of the molecule is c1ccc(-c2cnc3n2CCC3)nc1. The topological polar surface area (TPSA) is 30.7 Å². The fraction of sp³-hybridized carbons (Fsp3) is 0.273. The summed E-state index contributed by atoms with van der Waals surface area (Å²) in [6, 6.07) is 5.98. The summed E-state index contributed by atoms with van der Waals surface area (Å²) < 4.78 is 2.27. The van der Waals surface area contributed by atoms with Gasteiger partial charge in [0.25, 0.3) is 0 Å². The highest BCUT2D eigenvalue weighted by Crippen LogP contribution is 2.23. The van der Waals surface area contributed by atoms with E-state index in [9.17, 15) is 0 Å². The first-order valence-corrected chi connectivity index (χ1v) is 4.91. The molecule has 70 valence electrons. The lowest BCUT2D eigenvalue weighted by atomic mass is 10.3. The van der Waals surface area contributed by atoms with Gasteiger partial charge in [0.2, 0.25) is 0 Å². The van der Waals surface area contributed by atoms with E-state index in [1.54, 1.807) is 0 Å². The first kappa shape index (κ1) is 7.74. The van der Waals surface area contributed by atoms with E-state index in [0.29, 0.717) is 0 Å². The summed E-state index contributed by atoms with van der Waals surface area (Å²) in [4.78, 5) is 8.73. The second kappa shape index (κ2) is 2.94. The molecule has 14 heavy (non-hydrogen) atoms. The quantitative estimate of drug-likeness (QED) is 0.679. The molecular weight excluding hydrogens is 174 g/mol. The van der Waals surface area contributed by atoms with Gasteiger partial charge in [-0.3, -0.25) is 4.98 Å². The van der Waals surface area contributed by atoms with Gasteiger partial charge in [-0.25, -0.2) is 4.98 Å². The van der Waals surface area contributed by atoms with Gasteiger partial charge in [0, 0.05) is 19.2 Å². The fourth-order valence-electron chi connectivity index (χ4n) is 1.98. The van der Waals surface area contributed by atoms with Crippen molar-refractivity contribution in [1.29, 1.82) is 0 Å². The number of pyridine rings is 1. The number of imidazole rings is 1. The van der Waals surface area contributed by atoms with Crippen LogP contribution in [0.5, 0.6) is 0 Å². The molecule has 0 spiro atoms. The van der Waals surface area contributed by atoms with E-state index in [-0.39, 0.29) is 0 Å². The molecule has 0 atom stereocenters. The van der Waals surface area contributed by atoms with Gasteiger partial charge in [0.15, 0.2) is 0 Å². The zero-order chi connectivity index (χ0) is 9.38. The van der Waals surface area contributed by atoms with E-state index in [4.69, 9.17) is 0 Å². The van der Waals surface area contributed by atoms with Gasteiger partial charge in [-0.2, -0.15) is 0 Å². The Hall–Kier alpha value is -1.64. The number of aromatic nitrogens is 3. The third kappa shape index (κ3) is 1.05. The van der Waals surface area contributed by atoms with Crippen molar-refractivity contribution < 1.29 is 0 Å². The van der Waals surface area contributed by atoms with Crippen LogP contribution in [0, 0.1) is 0 Å². The number of hydrogen-bond acceptors (Lipinski definition) is 2. The van der Waals surface area contributed by atoms with E-state index in [0.717, 1.165) is 24.4 Å². The number of rotatable bonds is 1. The van der Waals surface area contributed by atoms with Gasteiger partial charge < -0.3 is 4.57 Å². The maximum absolute atomic E-state index is 4.40. The minimum Gasteiger partial charge on any atom is -0.327 e. The normalized spacial score (nSPS) is 14.3. The molecular formula is C11H11N3. The summed E-state index contributed by atoms with van der Waals surface area (Å²) >= 11 is 0. The molecule has 0 aliphatic carbocycles. The van der Waals surface area contributed by atoms with Gasteiger partial charge in [-0.05, 0) is 18.6 Å². The highest BCUT2D eigenvalue weighted by atomic mass is 15.1. The maximum atomic E-state index is 4.40. The Balaban J connectivity index is 2.13. The van der Waals surface area contributed by atoms with E-state index < -0.39 is 0 Å². The van der Waals surface area contributed by atoms with Crippen molar-refractivity contribution in [2.45, 2.75) is 19.4 Å². The number of aryl methyl sites for hydroxylation is 1. The van der Waals surface area contributed by atoms with E-state index >= 15 is 0 Å². The number of hydrogen-bond donors (Lipinski definition) is 0. The van der Waals surface area contributed by atoms with Crippen molar-refractivity contribution in [2.24, 2.45) is 0 Å². The first-order chi connectivity index (χ1) is 6.95. The minimum atomic E-state index is 1.02. The lowest BCUT2D eigenvalue weighted by Gasteiger charge is -2.02. The Morgan fingerprint density at radius 3 is 3.07 bits per heavy atom. The molecule has 3 rings (SSSR count). The van der Waals surface area contributed by atoms with E-state index in [2.05, 4.69) is 14.5 Å². The number of fused-ring (bicyclic) bond motifs is 1. The molecule has 2 aromatic rings. The summed E-state index contributed by atoms with van der Waals surface area (Å²) in [5.41, 5.74) is 2.17. The van der Waals surface area contributed by atoms with Gasteiger partial charge in [-0.15, -0.1) is 0 Å². The predicted octanol–water partition coefficient (Wildman–Crippen LogP) is 1.89. The van der Waals surface area contributed by atoms with E-state index in [1.807, 2.05) is 30.6 Å². The van der Waals surface area contributed by atoms with Crippen LogP contribution in [-0.2, 0) is 13.0 Å². The summed E-state index contributed by atoms with van der Waals surface area (Å²) in [5, 5.41) is 0. The zero-order valence-electron chi connectivity index (χ0n) is 7.85. The molecule has 0 unspecified atom stereocenters. The smallest absolute Gasteiger partial charge is 0.109 e. The van der Waals surface area contributed by atoms with Crippen molar-refractivity contribution in [2.75, 3.05) is 0 Å². The zero-order valence-corrected chi connectivity index (χ0v) is 7.85. The van der Waals surface area contributed by atoms with Crippen molar-refractivity contribution >= 4 is 0 Å². The van der Waals surface area contributed by atoms with Crippen LogP contribution < -0.4 is 0 Å². The molecule has 0 saturated heterocycles. The molecule has 3 heterocycles. The van der Waals surface area contributed by atoms with Crippen LogP contribution in [0.4, 0.5) is 0 Å². The van der Waals surface area contributed by atoms with Crippen LogP contribution in [0.2, 0.25) is 0 Å². The first-order valence-electron chi connectivity index (χ1n) is 4.91. The molecule has 0 fully saturated rings. The van der Waals surface area contributed by atoms with Crippen LogP contribution in [0.1, 0.15) is 12.2 Å². The van der Waals surface area contributed by atoms with Crippen molar-refractivity contribution in [3.05, 3.63) is 36.4 Å². The highest BCUT2D eigenvalue weighted by molar-refractivity contribution is 5.54. The Morgan fingerprint density at radius 2 is 2.21 bits per heavy atom. The molecule has 0 amide bonds. The minimum absolute atomic E-state index is 1.02. The van der Waals surface area contributed by atoms with Crippen molar-refractivity contribution in [3.63, 3.8) is 0 Å². The van der Waals surface area contributed by atoms with Gasteiger partial charge in [0.05, 0.1) is 17.6 Å². The molecule has 2 aromatic heterocycles. The third-order valence-corrected chi connectivity index (χ3v) is 2.65. The largest absolute Gasteiger partial charge is 0.327 e. The maximum Gasteiger partial charge on any atom is 0.109 e. The molecule has 3 nitrogen and oxygen atoms in total. The van der Waals surface area contributed by atoms with E-state index in [1.165, 1.54) is 12.2 Å². The molecule has 1 aliphatic heterocycles. The average molecular weight is 185 g/mol. The molecule has 0 radical (unpaired) electrons. The highest BCUT2D eigenvalue weighted by Gasteiger charge is 2.16.